The number of hydrogen-bond donors (Lipinski definition) is 1. The third kappa shape index (κ3) is 2.56. The predicted molar refractivity (Wildman–Crippen MR) is 53.7 cm³/mol. The Bertz CT molecular complexity index is 330. The van der Waals surface area contributed by atoms with Crippen molar-refractivity contribution in [3.63, 3.8) is 0 Å². The van der Waals surface area contributed by atoms with E-state index in [0.717, 1.165) is 6.42 Å². The zero-order valence-electron chi connectivity index (χ0n) is 7.86. The fraction of sp³-hybridized carbons (Fsp3) is 0.400. The molecule has 0 saturated carbocycles. The highest BCUT2D eigenvalue weighted by Gasteiger charge is 2.02. The molecule has 0 amide bonds. The van der Waals surface area contributed by atoms with Gasteiger partial charge in [0.1, 0.15) is 0 Å². The van der Waals surface area contributed by atoms with Crippen molar-refractivity contribution in [2.24, 2.45) is 0 Å². The zero-order chi connectivity index (χ0) is 9.84. The molecule has 0 aliphatic rings. The molecule has 1 unspecified atom stereocenters. The molecule has 0 fully saturated rings. The van der Waals surface area contributed by atoms with Gasteiger partial charge in [-0.2, -0.15) is 0 Å². The van der Waals surface area contributed by atoms with Crippen LogP contribution >= 0.6 is 0 Å². The Balaban J connectivity index is 2.93. The van der Waals surface area contributed by atoms with Crippen molar-refractivity contribution in [1.29, 1.82) is 0 Å². The highest BCUT2D eigenvalue weighted by molar-refractivity contribution is 7.72. The third-order valence-electron chi connectivity index (χ3n) is 2.29. The van der Waals surface area contributed by atoms with Gasteiger partial charge < -0.3 is 0 Å². The smallest absolute Gasteiger partial charge is 0.168 e. The van der Waals surface area contributed by atoms with Crippen molar-refractivity contribution in [3.05, 3.63) is 29.8 Å². The van der Waals surface area contributed by atoms with Gasteiger partial charge in [0, 0.05) is 0 Å². The van der Waals surface area contributed by atoms with Gasteiger partial charge in [-0.15, -0.1) is 0 Å². The lowest BCUT2D eigenvalue weighted by atomic mass is 9.99. The first-order valence-electron chi connectivity index (χ1n) is 4.39. The van der Waals surface area contributed by atoms with Crippen LogP contribution in [0.5, 0.6) is 0 Å². The first-order valence-corrected chi connectivity index (χ1v) is 5.57. The van der Waals surface area contributed by atoms with Crippen LogP contribution in [0.3, 0.4) is 0 Å². The lowest BCUT2D eigenvalue weighted by molar-refractivity contribution is 0.614. The van der Waals surface area contributed by atoms with E-state index in [4.69, 9.17) is 0 Å². The van der Waals surface area contributed by atoms with E-state index >= 15 is 0 Å². The van der Waals surface area contributed by atoms with E-state index in [1.165, 1.54) is 5.56 Å². The first-order chi connectivity index (χ1) is 6.15. The number of hydrogen-bond acceptors (Lipinski definition) is 2. The van der Waals surface area contributed by atoms with E-state index in [1.54, 1.807) is 12.1 Å². The SMILES string of the molecule is CCC(C)c1ccc([SH](=O)=O)cc1. The van der Waals surface area contributed by atoms with E-state index in [9.17, 15) is 8.42 Å². The molecule has 0 radical (unpaired) electrons. The van der Waals surface area contributed by atoms with E-state index in [1.807, 2.05) is 12.1 Å². The summed E-state index contributed by atoms with van der Waals surface area (Å²) in [6.45, 7) is 4.25. The summed E-state index contributed by atoms with van der Waals surface area (Å²) < 4.78 is 21.2. The maximum atomic E-state index is 10.6. The van der Waals surface area contributed by atoms with Crippen molar-refractivity contribution in [1.82, 2.24) is 0 Å². The molecule has 0 bridgehead atoms. The summed E-state index contributed by atoms with van der Waals surface area (Å²) in [5.74, 6) is 0.499. The lowest BCUT2D eigenvalue weighted by Crippen LogP contribution is -1.91. The van der Waals surface area contributed by atoms with Crippen LogP contribution < -0.4 is 0 Å². The minimum atomic E-state index is -2.43. The molecular weight excluding hydrogens is 184 g/mol. The highest BCUT2D eigenvalue weighted by atomic mass is 32.2. The van der Waals surface area contributed by atoms with E-state index < -0.39 is 10.7 Å². The summed E-state index contributed by atoms with van der Waals surface area (Å²) in [6.07, 6.45) is 1.07. The van der Waals surface area contributed by atoms with Crippen LogP contribution in [0.4, 0.5) is 0 Å². The van der Waals surface area contributed by atoms with Crippen LogP contribution in [0.25, 0.3) is 0 Å². The highest BCUT2D eigenvalue weighted by Crippen LogP contribution is 2.18. The summed E-state index contributed by atoms with van der Waals surface area (Å²) >= 11 is 0. The maximum absolute atomic E-state index is 10.6. The van der Waals surface area contributed by atoms with Crippen molar-refractivity contribution in [2.75, 3.05) is 0 Å². The molecule has 0 aromatic heterocycles. The third-order valence-corrected chi connectivity index (χ3v) is 3.01. The Kier molecular flexibility index (Phi) is 3.48. The summed E-state index contributed by atoms with van der Waals surface area (Å²) in [5, 5.41) is 0. The van der Waals surface area contributed by atoms with Gasteiger partial charge in [0.15, 0.2) is 10.7 Å². The van der Waals surface area contributed by atoms with Crippen LogP contribution in [0.2, 0.25) is 0 Å². The van der Waals surface area contributed by atoms with Crippen LogP contribution in [-0.4, -0.2) is 8.42 Å². The second kappa shape index (κ2) is 4.42. The fourth-order valence-corrected chi connectivity index (χ4v) is 1.55. The van der Waals surface area contributed by atoms with Crippen molar-refractivity contribution < 1.29 is 8.42 Å². The molecular formula is C10H14O2S. The van der Waals surface area contributed by atoms with Crippen molar-refractivity contribution in [2.45, 2.75) is 31.1 Å². The molecule has 1 aromatic carbocycles. The van der Waals surface area contributed by atoms with Gasteiger partial charge in [0.2, 0.25) is 0 Å². The predicted octanol–water partition coefficient (Wildman–Crippen LogP) is 2.17. The Morgan fingerprint density at radius 3 is 2.15 bits per heavy atom. The quantitative estimate of drug-likeness (QED) is 0.755. The van der Waals surface area contributed by atoms with Crippen molar-refractivity contribution >= 4 is 10.7 Å². The topological polar surface area (TPSA) is 34.1 Å². The van der Waals surface area contributed by atoms with Crippen LogP contribution in [0.15, 0.2) is 29.2 Å². The molecule has 0 heterocycles. The van der Waals surface area contributed by atoms with Crippen LogP contribution in [0.1, 0.15) is 31.7 Å². The summed E-state index contributed by atoms with van der Waals surface area (Å²) in [6, 6.07) is 7.09. The molecule has 0 spiro atoms. The van der Waals surface area contributed by atoms with Gasteiger partial charge in [-0.25, -0.2) is 8.42 Å². The first kappa shape index (κ1) is 10.3. The summed E-state index contributed by atoms with van der Waals surface area (Å²) in [4.78, 5) is 0.391. The monoisotopic (exact) mass is 198 g/mol. The van der Waals surface area contributed by atoms with Gasteiger partial charge in [0.25, 0.3) is 0 Å². The van der Waals surface area contributed by atoms with Crippen LogP contribution in [0, 0.1) is 0 Å². The molecule has 0 aliphatic carbocycles. The van der Waals surface area contributed by atoms with E-state index in [0.29, 0.717) is 10.8 Å². The molecule has 72 valence electrons. The number of benzene rings is 1. The molecule has 3 heteroatoms. The normalized spacial score (nSPS) is 13.2. The largest absolute Gasteiger partial charge is 0.227 e. The minimum absolute atomic E-state index is 0.391. The fourth-order valence-electron chi connectivity index (χ4n) is 1.16. The van der Waals surface area contributed by atoms with Gasteiger partial charge in [0.05, 0.1) is 4.90 Å². The number of thiol groups is 1. The maximum Gasteiger partial charge on any atom is 0.168 e. The molecule has 2 nitrogen and oxygen atoms in total. The molecule has 0 saturated heterocycles. The van der Waals surface area contributed by atoms with E-state index in [2.05, 4.69) is 13.8 Å². The molecule has 13 heavy (non-hydrogen) atoms. The molecule has 1 atom stereocenters. The van der Waals surface area contributed by atoms with Gasteiger partial charge in [-0.1, -0.05) is 26.0 Å². The Morgan fingerprint density at radius 1 is 1.23 bits per heavy atom. The molecule has 0 N–H and O–H groups in total. The summed E-state index contributed by atoms with van der Waals surface area (Å²) in [5.41, 5.74) is 1.20. The van der Waals surface area contributed by atoms with Crippen LogP contribution in [-0.2, 0) is 10.7 Å². The Morgan fingerprint density at radius 2 is 1.77 bits per heavy atom. The molecule has 1 aromatic rings. The van der Waals surface area contributed by atoms with Gasteiger partial charge in [-0.05, 0) is 30.0 Å². The zero-order valence-corrected chi connectivity index (χ0v) is 8.75. The number of rotatable bonds is 3. The minimum Gasteiger partial charge on any atom is -0.227 e. The molecule has 0 aliphatic heterocycles. The lowest BCUT2D eigenvalue weighted by Gasteiger charge is -2.07. The van der Waals surface area contributed by atoms with Gasteiger partial charge in [-0.3, -0.25) is 0 Å². The second-order valence-corrected chi connectivity index (χ2v) is 4.19. The van der Waals surface area contributed by atoms with Gasteiger partial charge >= 0.3 is 0 Å². The van der Waals surface area contributed by atoms with E-state index in [-0.39, 0.29) is 0 Å². The summed E-state index contributed by atoms with van der Waals surface area (Å²) in [7, 11) is -2.43. The average molecular weight is 198 g/mol. The van der Waals surface area contributed by atoms with Crippen molar-refractivity contribution in [3.8, 4) is 0 Å². The Labute approximate surface area is 80.5 Å². The average Bonchev–Trinajstić information content (AvgIpc) is 2.17. The second-order valence-electron chi connectivity index (χ2n) is 3.16. The molecule has 1 rings (SSSR count). The Hall–Kier alpha value is -0.830. The standard InChI is InChI=1S/C10H14O2S/c1-3-8(2)9-4-6-10(7-5-9)13(11)12/h4-8,13H,3H2,1-2H3.